The van der Waals surface area contributed by atoms with Crippen LogP contribution in [-0.4, -0.2) is 43.5 Å². The number of Topliss-reactive ketones (excluding diaryl/α,β-unsaturated/α-hetero) is 1. The lowest BCUT2D eigenvalue weighted by molar-refractivity contribution is -0.119. The minimum absolute atomic E-state index is 0.0921. The summed E-state index contributed by atoms with van der Waals surface area (Å²) in [4.78, 5) is 23.5. The van der Waals surface area contributed by atoms with Crippen LogP contribution in [0.3, 0.4) is 0 Å². The summed E-state index contributed by atoms with van der Waals surface area (Å²) in [7, 11) is 0. The van der Waals surface area contributed by atoms with Crippen molar-refractivity contribution in [2.75, 3.05) is 13.1 Å². The van der Waals surface area contributed by atoms with Crippen LogP contribution in [0, 0.1) is 24.5 Å². The number of fused-ring (bicyclic) bond motifs is 1. The van der Waals surface area contributed by atoms with Crippen LogP contribution < -0.4 is 0 Å². The summed E-state index contributed by atoms with van der Waals surface area (Å²) in [6.45, 7) is 3.54. The Morgan fingerprint density at radius 2 is 1.94 bits per heavy atom. The molecule has 0 bridgehead atoms. The van der Waals surface area contributed by atoms with Gasteiger partial charge in [0.05, 0.1) is 23.6 Å². The lowest BCUT2D eigenvalue weighted by Crippen LogP contribution is -2.22. The fourth-order valence-corrected chi connectivity index (χ4v) is 4.66. The number of aromatic nitrogens is 4. The van der Waals surface area contributed by atoms with Gasteiger partial charge < -0.3 is 0 Å². The van der Waals surface area contributed by atoms with Gasteiger partial charge in [0.1, 0.15) is 17.4 Å². The first-order valence-corrected chi connectivity index (χ1v) is 11.4. The number of rotatable bonds is 7. The second-order valence-corrected chi connectivity index (χ2v) is 8.96. The molecular formula is C26H25F2N5O. The van der Waals surface area contributed by atoms with Crippen molar-refractivity contribution >= 4 is 16.7 Å². The van der Waals surface area contributed by atoms with Gasteiger partial charge in [0.25, 0.3) is 0 Å². The van der Waals surface area contributed by atoms with Crippen molar-refractivity contribution < 1.29 is 13.6 Å². The van der Waals surface area contributed by atoms with Gasteiger partial charge in [-0.05, 0) is 56.1 Å². The van der Waals surface area contributed by atoms with E-state index in [1.807, 2.05) is 34.7 Å². The van der Waals surface area contributed by atoms with Crippen LogP contribution in [0.25, 0.3) is 16.6 Å². The van der Waals surface area contributed by atoms with Crippen molar-refractivity contribution in [2.24, 2.45) is 5.92 Å². The van der Waals surface area contributed by atoms with Gasteiger partial charge in [-0.25, -0.2) is 13.5 Å². The lowest BCUT2D eigenvalue weighted by Gasteiger charge is -2.17. The maximum atomic E-state index is 13.9. The number of aryl methyl sites for hydroxylation is 1. The quantitative estimate of drug-likeness (QED) is 0.408. The van der Waals surface area contributed by atoms with Crippen molar-refractivity contribution in [3.8, 4) is 5.69 Å². The summed E-state index contributed by atoms with van der Waals surface area (Å²) in [5.74, 6) is -0.747. The molecule has 0 spiro atoms. The zero-order valence-electron chi connectivity index (χ0n) is 18.9. The summed E-state index contributed by atoms with van der Waals surface area (Å²) in [5, 5.41) is 5.39. The van der Waals surface area contributed by atoms with E-state index in [1.54, 1.807) is 18.6 Å². The molecule has 34 heavy (non-hydrogen) atoms. The van der Waals surface area contributed by atoms with Crippen LogP contribution in [0.1, 0.15) is 29.8 Å². The summed E-state index contributed by atoms with van der Waals surface area (Å²) in [6.07, 6.45) is 6.81. The average molecular weight is 462 g/mol. The number of halogens is 2. The summed E-state index contributed by atoms with van der Waals surface area (Å²) >= 11 is 0. The molecule has 174 valence electrons. The Balaban J connectivity index is 1.20. The third-order valence-corrected chi connectivity index (χ3v) is 6.34. The van der Waals surface area contributed by atoms with Crippen molar-refractivity contribution in [2.45, 2.75) is 32.7 Å². The molecule has 0 saturated carbocycles. The van der Waals surface area contributed by atoms with Crippen molar-refractivity contribution in [1.29, 1.82) is 0 Å². The number of ketones is 1. The Kier molecular flexibility index (Phi) is 6.15. The molecule has 8 heteroatoms. The lowest BCUT2D eigenvalue weighted by atomic mass is 9.99. The van der Waals surface area contributed by atoms with Gasteiger partial charge in [-0.1, -0.05) is 6.07 Å². The van der Waals surface area contributed by atoms with E-state index in [9.17, 15) is 13.6 Å². The molecule has 1 atom stereocenters. The fraction of sp³-hybridized carbons (Fsp3) is 0.308. The van der Waals surface area contributed by atoms with Gasteiger partial charge >= 0.3 is 0 Å². The number of nitrogens with zero attached hydrogens (tertiary/aromatic N) is 5. The average Bonchev–Trinajstić information content (AvgIpc) is 3.42. The zero-order valence-corrected chi connectivity index (χ0v) is 18.9. The molecule has 1 aromatic carbocycles. The van der Waals surface area contributed by atoms with E-state index in [0.29, 0.717) is 18.7 Å². The van der Waals surface area contributed by atoms with Gasteiger partial charge in [-0.15, -0.1) is 0 Å². The van der Waals surface area contributed by atoms with Crippen LogP contribution in [-0.2, 0) is 17.8 Å². The highest BCUT2D eigenvalue weighted by Crippen LogP contribution is 2.25. The van der Waals surface area contributed by atoms with E-state index in [1.165, 1.54) is 18.2 Å². The van der Waals surface area contributed by atoms with Crippen LogP contribution >= 0.6 is 0 Å². The smallest absolute Gasteiger partial charge is 0.139 e. The molecule has 6 nitrogen and oxygen atoms in total. The molecule has 0 aliphatic carbocycles. The summed E-state index contributed by atoms with van der Waals surface area (Å²) < 4.78 is 29.7. The summed E-state index contributed by atoms with van der Waals surface area (Å²) in [5.41, 5.74) is 3.49. The molecule has 1 fully saturated rings. The van der Waals surface area contributed by atoms with E-state index in [4.69, 9.17) is 0 Å². The highest BCUT2D eigenvalue weighted by atomic mass is 19.1. The van der Waals surface area contributed by atoms with E-state index >= 15 is 0 Å². The molecule has 0 N–H and O–H groups in total. The molecule has 1 saturated heterocycles. The van der Waals surface area contributed by atoms with Crippen molar-refractivity contribution in [3.05, 3.63) is 83.6 Å². The second-order valence-electron chi connectivity index (χ2n) is 8.96. The number of hydrogen-bond acceptors (Lipinski definition) is 5. The SMILES string of the molecule is Cc1cc(-n2ncc3cc(CC(=O)C[C@H]4CCN(Cc5c(F)cccc5F)C4)ncc32)ccn1. The Morgan fingerprint density at radius 1 is 1.12 bits per heavy atom. The van der Waals surface area contributed by atoms with Crippen LogP contribution in [0.15, 0.2) is 55.0 Å². The van der Waals surface area contributed by atoms with E-state index in [2.05, 4.69) is 15.1 Å². The third-order valence-electron chi connectivity index (χ3n) is 6.34. The molecule has 0 radical (unpaired) electrons. The first kappa shape index (κ1) is 22.3. The number of hydrogen-bond donors (Lipinski definition) is 0. The largest absolute Gasteiger partial charge is 0.299 e. The standard InChI is InChI=1S/C26H25F2N5O/c1-17-9-21(5-7-29-17)33-26-14-30-20(11-19(26)13-31-33)12-22(34)10-18-6-8-32(15-18)16-23-24(27)3-2-4-25(23)28/h2-5,7,9,11,13-14,18H,6,8,10,12,15-16H2,1H3/t18-/m1/s1. The third kappa shape index (κ3) is 4.72. The van der Waals surface area contributed by atoms with Crippen LogP contribution in [0.2, 0.25) is 0 Å². The van der Waals surface area contributed by atoms with Crippen LogP contribution in [0.4, 0.5) is 8.78 Å². The molecular weight excluding hydrogens is 436 g/mol. The normalized spacial score (nSPS) is 16.4. The number of pyridine rings is 2. The molecule has 0 unspecified atom stereocenters. The minimum Gasteiger partial charge on any atom is -0.299 e. The predicted molar refractivity (Wildman–Crippen MR) is 124 cm³/mol. The molecule has 1 aliphatic heterocycles. The topological polar surface area (TPSA) is 63.9 Å². The Morgan fingerprint density at radius 3 is 2.74 bits per heavy atom. The molecule has 4 aromatic rings. The van der Waals surface area contributed by atoms with Gasteiger partial charge in [-0.2, -0.15) is 5.10 Å². The number of carbonyl (C=O) groups is 1. The maximum Gasteiger partial charge on any atom is 0.139 e. The fourth-order valence-electron chi connectivity index (χ4n) is 4.66. The highest BCUT2D eigenvalue weighted by Gasteiger charge is 2.26. The molecule has 5 rings (SSSR count). The first-order valence-electron chi connectivity index (χ1n) is 11.4. The zero-order chi connectivity index (χ0) is 23.7. The van der Waals surface area contributed by atoms with Crippen molar-refractivity contribution in [3.63, 3.8) is 0 Å². The number of benzene rings is 1. The molecule has 4 heterocycles. The van der Waals surface area contributed by atoms with E-state index < -0.39 is 11.6 Å². The Hall–Kier alpha value is -3.52. The number of likely N-dealkylation sites (tertiary alicyclic amines) is 1. The highest BCUT2D eigenvalue weighted by molar-refractivity contribution is 5.84. The predicted octanol–water partition coefficient (Wildman–Crippen LogP) is 4.43. The van der Waals surface area contributed by atoms with Gasteiger partial charge in [-0.3, -0.25) is 19.7 Å². The molecule has 0 amide bonds. The van der Waals surface area contributed by atoms with Gasteiger partial charge in [0.15, 0.2) is 0 Å². The van der Waals surface area contributed by atoms with E-state index in [0.717, 1.165) is 35.2 Å². The minimum atomic E-state index is -0.525. The Bertz CT molecular complexity index is 1330. The monoisotopic (exact) mass is 461 g/mol. The van der Waals surface area contributed by atoms with Gasteiger partial charge in [0, 0.05) is 54.5 Å². The second kappa shape index (κ2) is 9.38. The van der Waals surface area contributed by atoms with Crippen molar-refractivity contribution in [1.82, 2.24) is 24.6 Å². The first-order chi connectivity index (χ1) is 16.5. The van der Waals surface area contributed by atoms with Gasteiger partial charge in [0.2, 0.25) is 0 Å². The Labute approximate surface area is 196 Å². The maximum absolute atomic E-state index is 13.9. The van der Waals surface area contributed by atoms with Crippen LogP contribution in [0.5, 0.6) is 0 Å². The number of carbonyl (C=O) groups excluding carboxylic acids is 1. The summed E-state index contributed by atoms with van der Waals surface area (Å²) in [6, 6.07) is 9.68. The molecule has 1 aliphatic rings. The van der Waals surface area contributed by atoms with E-state index in [-0.39, 0.29) is 30.2 Å². The molecule has 3 aromatic heterocycles.